The topological polar surface area (TPSA) is 67.4 Å². The van der Waals surface area contributed by atoms with Gasteiger partial charge in [0.05, 0.1) is 12.7 Å². The molecule has 128 valence electrons. The number of methoxy groups -OCH3 is 1. The first-order valence-corrected chi connectivity index (χ1v) is 6.77. The summed E-state index contributed by atoms with van der Waals surface area (Å²) < 4.78 is 42.5. The van der Waals surface area contributed by atoms with Crippen LogP contribution in [0.2, 0.25) is 0 Å². The van der Waals surface area contributed by atoms with Crippen LogP contribution in [0, 0.1) is 5.41 Å². The van der Waals surface area contributed by atoms with Gasteiger partial charge in [-0.3, -0.25) is 0 Å². The number of alkyl halides is 3. The lowest BCUT2D eigenvalue weighted by Crippen LogP contribution is -2.51. The number of amides is 2. The molecule has 2 N–H and O–H groups in total. The summed E-state index contributed by atoms with van der Waals surface area (Å²) in [6.45, 7) is 5.16. The van der Waals surface area contributed by atoms with E-state index >= 15 is 0 Å². The van der Waals surface area contributed by atoms with Crippen LogP contribution in [0.4, 0.5) is 23.7 Å². The van der Waals surface area contributed by atoms with Crippen molar-refractivity contribution in [2.75, 3.05) is 12.4 Å². The third-order valence-corrected chi connectivity index (χ3v) is 3.03. The molecule has 23 heavy (non-hydrogen) atoms. The van der Waals surface area contributed by atoms with Crippen molar-refractivity contribution in [3.8, 4) is 0 Å². The summed E-state index contributed by atoms with van der Waals surface area (Å²) in [6.07, 6.45) is -4.51. The van der Waals surface area contributed by atoms with Gasteiger partial charge in [-0.05, 0) is 23.6 Å². The number of hydrogen-bond acceptors (Lipinski definition) is 3. The maximum atomic E-state index is 12.6. The minimum absolute atomic E-state index is 0.0325. The molecule has 0 aromatic heterocycles. The van der Waals surface area contributed by atoms with Crippen LogP contribution in [0.3, 0.4) is 0 Å². The zero-order valence-corrected chi connectivity index (χ0v) is 13.2. The number of esters is 1. The van der Waals surface area contributed by atoms with Gasteiger partial charge in [0.25, 0.3) is 0 Å². The quantitative estimate of drug-likeness (QED) is 0.834. The minimum atomic E-state index is -4.51. The van der Waals surface area contributed by atoms with Crippen LogP contribution in [0.25, 0.3) is 0 Å². The molecule has 0 fully saturated rings. The molecule has 0 bridgehead atoms. The number of anilines is 1. The lowest BCUT2D eigenvalue weighted by atomic mass is 9.87. The Morgan fingerprint density at radius 1 is 1.17 bits per heavy atom. The lowest BCUT2D eigenvalue weighted by Gasteiger charge is -2.29. The van der Waals surface area contributed by atoms with Crippen LogP contribution < -0.4 is 10.6 Å². The third kappa shape index (κ3) is 5.46. The molecule has 0 aliphatic heterocycles. The highest BCUT2D eigenvalue weighted by atomic mass is 19.4. The summed E-state index contributed by atoms with van der Waals surface area (Å²) in [7, 11) is 1.19. The summed E-state index contributed by atoms with van der Waals surface area (Å²) in [5, 5.41) is 4.69. The van der Waals surface area contributed by atoms with E-state index in [2.05, 4.69) is 15.4 Å². The molecule has 0 saturated heterocycles. The Labute approximate surface area is 132 Å². The van der Waals surface area contributed by atoms with Crippen molar-refractivity contribution in [3.05, 3.63) is 29.8 Å². The van der Waals surface area contributed by atoms with Crippen LogP contribution in [0.5, 0.6) is 0 Å². The fourth-order valence-electron chi connectivity index (χ4n) is 1.82. The molecule has 0 radical (unpaired) electrons. The summed E-state index contributed by atoms with van der Waals surface area (Å²) in [5.74, 6) is -0.642. The first kappa shape index (κ1) is 18.8. The Morgan fingerprint density at radius 2 is 1.78 bits per heavy atom. The summed E-state index contributed by atoms with van der Waals surface area (Å²) in [5.41, 5.74) is -1.54. The molecule has 1 aromatic carbocycles. The van der Waals surface area contributed by atoms with Crippen LogP contribution >= 0.6 is 0 Å². The SMILES string of the molecule is COC(=O)C(NC(=O)Nc1cccc(C(F)(F)F)c1)C(C)(C)C. The predicted octanol–water partition coefficient (Wildman–Crippen LogP) is 3.41. The number of ether oxygens (including phenoxy) is 1. The average Bonchev–Trinajstić information content (AvgIpc) is 2.42. The highest BCUT2D eigenvalue weighted by Gasteiger charge is 2.34. The van der Waals surface area contributed by atoms with Crippen molar-refractivity contribution in [3.63, 3.8) is 0 Å². The van der Waals surface area contributed by atoms with Gasteiger partial charge < -0.3 is 15.4 Å². The monoisotopic (exact) mass is 332 g/mol. The molecule has 1 rings (SSSR count). The zero-order chi connectivity index (χ0) is 17.8. The fraction of sp³-hybridized carbons (Fsp3) is 0.467. The van der Waals surface area contributed by atoms with E-state index < -0.39 is 35.2 Å². The fourth-order valence-corrected chi connectivity index (χ4v) is 1.82. The highest BCUT2D eigenvalue weighted by molar-refractivity contribution is 5.92. The molecule has 0 heterocycles. The molecular weight excluding hydrogens is 313 g/mol. The smallest absolute Gasteiger partial charge is 0.416 e. The molecule has 1 unspecified atom stereocenters. The van der Waals surface area contributed by atoms with Crippen molar-refractivity contribution in [2.24, 2.45) is 5.41 Å². The second-order valence-electron chi connectivity index (χ2n) is 6.00. The van der Waals surface area contributed by atoms with Crippen LogP contribution in [-0.4, -0.2) is 25.2 Å². The van der Waals surface area contributed by atoms with Crippen molar-refractivity contribution < 1.29 is 27.5 Å². The molecular formula is C15H19F3N2O3. The molecule has 0 aliphatic rings. The Balaban J connectivity index is 2.85. The number of rotatable bonds is 3. The summed E-state index contributed by atoms with van der Waals surface area (Å²) >= 11 is 0. The van der Waals surface area contributed by atoms with E-state index in [-0.39, 0.29) is 5.69 Å². The maximum absolute atomic E-state index is 12.6. The van der Waals surface area contributed by atoms with E-state index in [0.717, 1.165) is 12.1 Å². The van der Waals surface area contributed by atoms with E-state index in [1.807, 2.05) is 0 Å². The normalized spacial score (nSPS) is 13.2. The number of halogens is 3. The van der Waals surface area contributed by atoms with Gasteiger partial charge in [0.15, 0.2) is 0 Å². The molecule has 0 aliphatic carbocycles. The maximum Gasteiger partial charge on any atom is 0.416 e. The number of carbonyl (C=O) groups excluding carboxylic acids is 2. The van der Waals surface area contributed by atoms with E-state index in [4.69, 9.17) is 0 Å². The number of benzene rings is 1. The molecule has 5 nitrogen and oxygen atoms in total. The summed E-state index contributed by atoms with van der Waals surface area (Å²) in [4.78, 5) is 23.7. The Kier molecular flexibility index (Phi) is 5.63. The second kappa shape index (κ2) is 6.89. The van der Waals surface area contributed by atoms with Crippen molar-refractivity contribution >= 4 is 17.7 Å². The van der Waals surface area contributed by atoms with E-state index in [0.29, 0.717) is 0 Å². The molecule has 0 saturated carbocycles. The van der Waals surface area contributed by atoms with Crippen LogP contribution in [0.1, 0.15) is 26.3 Å². The second-order valence-corrected chi connectivity index (χ2v) is 6.00. The predicted molar refractivity (Wildman–Crippen MR) is 78.9 cm³/mol. The Bertz CT molecular complexity index is 580. The van der Waals surface area contributed by atoms with Gasteiger partial charge in [-0.2, -0.15) is 13.2 Å². The zero-order valence-electron chi connectivity index (χ0n) is 13.2. The highest BCUT2D eigenvalue weighted by Crippen LogP contribution is 2.30. The van der Waals surface area contributed by atoms with Gasteiger partial charge in [-0.1, -0.05) is 26.8 Å². The largest absolute Gasteiger partial charge is 0.467 e. The molecule has 0 spiro atoms. The molecule has 1 atom stereocenters. The van der Waals surface area contributed by atoms with Gasteiger partial charge in [-0.15, -0.1) is 0 Å². The van der Waals surface area contributed by atoms with E-state index in [1.165, 1.54) is 19.2 Å². The summed E-state index contributed by atoms with van der Waals surface area (Å²) in [6, 6.07) is 2.46. The Hall–Kier alpha value is -2.25. The van der Waals surface area contributed by atoms with Crippen LogP contribution in [-0.2, 0) is 15.7 Å². The van der Waals surface area contributed by atoms with Gasteiger partial charge in [0, 0.05) is 5.69 Å². The van der Waals surface area contributed by atoms with Gasteiger partial charge in [0.1, 0.15) is 6.04 Å². The van der Waals surface area contributed by atoms with E-state index in [9.17, 15) is 22.8 Å². The van der Waals surface area contributed by atoms with Gasteiger partial charge in [-0.25, -0.2) is 9.59 Å². The third-order valence-electron chi connectivity index (χ3n) is 3.03. The van der Waals surface area contributed by atoms with Crippen LogP contribution in [0.15, 0.2) is 24.3 Å². The van der Waals surface area contributed by atoms with Crippen molar-refractivity contribution in [1.82, 2.24) is 5.32 Å². The number of carbonyl (C=O) groups is 2. The molecule has 2 amide bonds. The van der Waals surface area contributed by atoms with Crippen molar-refractivity contribution in [2.45, 2.75) is 33.0 Å². The minimum Gasteiger partial charge on any atom is -0.467 e. The van der Waals surface area contributed by atoms with Gasteiger partial charge in [0.2, 0.25) is 0 Å². The van der Waals surface area contributed by atoms with Crippen molar-refractivity contribution in [1.29, 1.82) is 0 Å². The Morgan fingerprint density at radius 3 is 2.26 bits per heavy atom. The number of hydrogen-bond donors (Lipinski definition) is 2. The first-order chi connectivity index (χ1) is 10.4. The molecule has 8 heteroatoms. The lowest BCUT2D eigenvalue weighted by molar-refractivity contribution is -0.145. The first-order valence-electron chi connectivity index (χ1n) is 6.77. The standard InChI is InChI=1S/C15H19F3N2O3/c1-14(2,3)11(12(21)23-4)20-13(22)19-10-7-5-6-9(8-10)15(16,17)18/h5-8,11H,1-4H3,(H2,19,20,22). The van der Waals surface area contributed by atoms with E-state index in [1.54, 1.807) is 20.8 Å². The average molecular weight is 332 g/mol. The van der Waals surface area contributed by atoms with Gasteiger partial charge >= 0.3 is 18.2 Å². The number of urea groups is 1. The molecule has 1 aromatic rings. The number of nitrogens with one attached hydrogen (secondary N) is 2.